The van der Waals surface area contributed by atoms with Crippen LogP contribution in [0.5, 0.6) is 0 Å². The number of nitrogens with one attached hydrogen (secondary N) is 2. The van der Waals surface area contributed by atoms with Gasteiger partial charge in [-0.1, -0.05) is 42.5 Å². The molecule has 0 aromatic heterocycles. The summed E-state index contributed by atoms with van der Waals surface area (Å²) in [5.41, 5.74) is 3.21. The summed E-state index contributed by atoms with van der Waals surface area (Å²) in [4.78, 5) is 40.0. The molecule has 1 aliphatic carbocycles. The highest BCUT2D eigenvalue weighted by molar-refractivity contribution is 6.07. The van der Waals surface area contributed by atoms with Gasteiger partial charge in [0.1, 0.15) is 11.4 Å². The fraction of sp³-hybridized carbons (Fsp3) is 0.375. The van der Waals surface area contributed by atoms with Crippen molar-refractivity contribution in [2.45, 2.75) is 50.7 Å². The van der Waals surface area contributed by atoms with Gasteiger partial charge < -0.3 is 5.32 Å². The number of hydrogen-bond donors (Lipinski definition) is 2. The zero-order valence-electron chi connectivity index (χ0n) is 18.0. The predicted octanol–water partition coefficient (Wildman–Crippen LogP) is 2.76. The summed E-state index contributed by atoms with van der Waals surface area (Å²) in [6.45, 7) is 2.10. The van der Waals surface area contributed by atoms with E-state index in [1.54, 1.807) is 13.0 Å². The molecule has 8 heteroatoms. The standard InChI is InChI=1S/C24H27FN4O3/c1-24(13-12-17-6-3-2-4-7-17)22(31)29(23(32)26-24)27-21(30)16-28(20-10-11-20)15-18-8-5-9-19(25)14-18/h2-9,14,20H,10-13,15-16H2,1H3,(H,26,32)(H,27,30)/t24-/m0/s1. The molecule has 0 unspecified atom stereocenters. The number of benzene rings is 2. The monoisotopic (exact) mass is 438 g/mol. The van der Waals surface area contributed by atoms with Crippen molar-refractivity contribution in [3.63, 3.8) is 0 Å². The molecule has 1 heterocycles. The molecule has 1 aliphatic heterocycles. The highest BCUT2D eigenvalue weighted by Gasteiger charge is 2.48. The zero-order valence-corrected chi connectivity index (χ0v) is 18.0. The molecule has 4 amide bonds. The minimum atomic E-state index is -1.09. The van der Waals surface area contributed by atoms with Crippen LogP contribution in [0.4, 0.5) is 9.18 Å². The summed E-state index contributed by atoms with van der Waals surface area (Å²) < 4.78 is 13.5. The Bertz CT molecular complexity index is 1010. The van der Waals surface area contributed by atoms with Gasteiger partial charge in [0.25, 0.3) is 11.8 Å². The second kappa shape index (κ2) is 9.08. The Morgan fingerprint density at radius 3 is 2.56 bits per heavy atom. The molecular weight excluding hydrogens is 411 g/mol. The Labute approximate surface area is 186 Å². The van der Waals surface area contributed by atoms with Crippen LogP contribution in [0.3, 0.4) is 0 Å². The maximum absolute atomic E-state index is 13.5. The molecule has 168 valence electrons. The summed E-state index contributed by atoms with van der Waals surface area (Å²) in [5, 5.41) is 3.49. The molecule has 0 spiro atoms. The normalized spacial score (nSPS) is 20.5. The first kappa shape index (κ1) is 22.0. The van der Waals surface area contributed by atoms with E-state index in [1.807, 2.05) is 41.3 Å². The van der Waals surface area contributed by atoms with Gasteiger partial charge in [0.15, 0.2) is 0 Å². The number of rotatable bonds is 9. The van der Waals surface area contributed by atoms with Gasteiger partial charge in [0.05, 0.1) is 6.54 Å². The van der Waals surface area contributed by atoms with E-state index in [4.69, 9.17) is 0 Å². The van der Waals surface area contributed by atoms with E-state index in [9.17, 15) is 18.8 Å². The molecule has 2 N–H and O–H groups in total. The van der Waals surface area contributed by atoms with E-state index in [-0.39, 0.29) is 18.4 Å². The van der Waals surface area contributed by atoms with Crippen LogP contribution in [-0.4, -0.2) is 45.9 Å². The third kappa shape index (κ3) is 5.13. The Kier molecular flexibility index (Phi) is 6.23. The third-order valence-electron chi connectivity index (χ3n) is 5.94. The minimum Gasteiger partial charge on any atom is -0.322 e. The first-order valence-electron chi connectivity index (χ1n) is 10.8. The van der Waals surface area contributed by atoms with Crippen LogP contribution in [0.2, 0.25) is 0 Å². The van der Waals surface area contributed by atoms with Crippen molar-refractivity contribution >= 4 is 17.8 Å². The van der Waals surface area contributed by atoms with Crippen molar-refractivity contribution in [3.05, 3.63) is 71.5 Å². The lowest BCUT2D eigenvalue weighted by Crippen LogP contribution is -2.51. The molecule has 0 radical (unpaired) electrons. The summed E-state index contributed by atoms with van der Waals surface area (Å²) in [6, 6.07) is 15.6. The number of imide groups is 1. The highest BCUT2D eigenvalue weighted by Crippen LogP contribution is 2.28. The Balaban J connectivity index is 1.35. The summed E-state index contributed by atoms with van der Waals surface area (Å²) in [5.74, 6) is -1.25. The van der Waals surface area contributed by atoms with Crippen molar-refractivity contribution in [2.24, 2.45) is 0 Å². The van der Waals surface area contributed by atoms with Gasteiger partial charge in [0, 0.05) is 12.6 Å². The van der Waals surface area contributed by atoms with Gasteiger partial charge in [-0.2, -0.15) is 5.01 Å². The molecule has 1 saturated heterocycles. The molecule has 0 bridgehead atoms. The van der Waals surface area contributed by atoms with Crippen LogP contribution in [0.1, 0.15) is 37.3 Å². The molecule has 2 aromatic rings. The molecule has 4 rings (SSSR count). The van der Waals surface area contributed by atoms with E-state index < -0.39 is 23.4 Å². The number of amides is 4. The van der Waals surface area contributed by atoms with Gasteiger partial charge in [-0.15, -0.1) is 0 Å². The van der Waals surface area contributed by atoms with E-state index in [0.717, 1.165) is 29.0 Å². The maximum atomic E-state index is 13.5. The van der Waals surface area contributed by atoms with Crippen molar-refractivity contribution in [3.8, 4) is 0 Å². The summed E-state index contributed by atoms with van der Waals surface area (Å²) in [7, 11) is 0. The van der Waals surface area contributed by atoms with Crippen molar-refractivity contribution in [1.82, 2.24) is 20.7 Å². The van der Waals surface area contributed by atoms with Crippen LogP contribution >= 0.6 is 0 Å². The maximum Gasteiger partial charge on any atom is 0.344 e. The molecule has 7 nitrogen and oxygen atoms in total. The average molecular weight is 439 g/mol. The lowest BCUT2D eigenvalue weighted by atomic mass is 9.93. The lowest BCUT2D eigenvalue weighted by molar-refractivity contribution is -0.139. The number of aryl methyl sites for hydroxylation is 1. The van der Waals surface area contributed by atoms with Crippen molar-refractivity contribution in [2.75, 3.05) is 6.54 Å². The number of halogens is 1. The number of nitrogens with zero attached hydrogens (tertiary/aromatic N) is 2. The lowest BCUT2D eigenvalue weighted by Gasteiger charge is -2.24. The van der Waals surface area contributed by atoms with Crippen LogP contribution in [0.25, 0.3) is 0 Å². The molecule has 32 heavy (non-hydrogen) atoms. The Hall–Kier alpha value is -3.26. The van der Waals surface area contributed by atoms with Crippen LogP contribution in [-0.2, 0) is 22.6 Å². The van der Waals surface area contributed by atoms with Crippen LogP contribution in [0, 0.1) is 5.82 Å². The smallest absolute Gasteiger partial charge is 0.322 e. The molecule has 1 atom stereocenters. The molecule has 1 saturated carbocycles. The van der Waals surface area contributed by atoms with Gasteiger partial charge in [-0.25, -0.2) is 9.18 Å². The van der Waals surface area contributed by atoms with E-state index in [1.165, 1.54) is 12.1 Å². The Morgan fingerprint density at radius 1 is 1.16 bits per heavy atom. The van der Waals surface area contributed by atoms with E-state index >= 15 is 0 Å². The topological polar surface area (TPSA) is 81.8 Å². The van der Waals surface area contributed by atoms with E-state index in [2.05, 4.69) is 10.7 Å². The first-order chi connectivity index (χ1) is 15.3. The number of urea groups is 1. The van der Waals surface area contributed by atoms with Gasteiger partial charge in [-0.05, 0) is 55.9 Å². The number of hydrazine groups is 1. The summed E-state index contributed by atoms with van der Waals surface area (Å²) >= 11 is 0. The fourth-order valence-electron chi connectivity index (χ4n) is 3.96. The van der Waals surface area contributed by atoms with Crippen molar-refractivity contribution < 1.29 is 18.8 Å². The van der Waals surface area contributed by atoms with Gasteiger partial charge in [-0.3, -0.25) is 19.9 Å². The zero-order chi connectivity index (χ0) is 22.7. The SMILES string of the molecule is C[C@@]1(CCc2ccccc2)NC(=O)N(NC(=O)CN(Cc2cccc(F)c2)C2CC2)C1=O. The molecule has 2 aliphatic rings. The van der Waals surface area contributed by atoms with Crippen molar-refractivity contribution in [1.29, 1.82) is 0 Å². The molecule has 2 fully saturated rings. The van der Waals surface area contributed by atoms with Crippen LogP contribution < -0.4 is 10.7 Å². The second-order valence-electron chi connectivity index (χ2n) is 8.69. The second-order valence-corrected chi connectivity index (χ2v) is 8.69. The quantitative estimate of drug-likeness (QED) is 0.590. The van der Waals surface area contributed by atoms with Gasteiger partial charge in [0.2, 0.25) is 0 Å². The molecule has 2 aromatic carbocycles. The molecular formula is C24H27FN4O3. The van der Waals surface area contributed by atoms with Gasteiger partial charge >= 0.3 is 6.03 Å². The Morgan fingerprint density at radius 2 is 1.88 bits per heavy atom. The predicted molar refractivity (Wildman–Crippen MR) is 117 cm³/mol. The fourth-order valence-corrected chi connectivity index (χ4v) is 3.96. The minimum absolute atomic E-state index is 0.0129. The average Bonchev–Trinajstić information content (AvgIpc) is 3.58. The highest BCUT2D eigenvalue weighted by atomic mass is 19.1. The first-order valence-corrected chi connectivity index (χ1v) is 10.8. The third-order valence-corrected chi connectivity index (χ3v) is 5.94. The summed E-state index contributed by atoms with van der Waals surface area (Å²) in [6.07, 6.45) is 2.96. The number of carbonyl (C=O) groups is 3. The number of hydrogen-bond acceptors (Lipinski definition) is 4. The number of carbonyl (C=O) groups excluding carboxylic acids is 3. The largest absolute Gasteiger partial charge is 0.344 e. The van der Waals surface area contributed by atoms with Crippen LogP contribution in [0.15, 0.2) is 54.6 Å². The van der Waals surface area contributed by atoms with E-state index in [0.29, 0.717) is 19.4 Å².